The molecule has 3 heterocycles. The summed E-state index contributed by atoms with van der Waals surface area (Å²) in [6.07, 6.45) is 0. The number of fused-ring (bicyclic) bond motifs is 1. The summed E-state index contributed by atoms with van der Waals surface area (Å²) in [5.74, 6) is 1.04. The summed E-state index contributed by atoms with van der Waals surface area (Å²) in [4.78, 5) is 2.30. The van der Waals surface area contributed by atoms with Gasteiger partial charge in [0.05, 0.1) is 13.2 Å². The predicted molar refractivity (Wildman–Crippen MR) is 67.4 cm³/mol. The van der Waals surface area contributed by atoms with Crippen LogP contribution in [0.5, 0.6) is 0 Å². The Labute approximate surface area is 109 Å². The summed E-state index contributed by atoms with van der Waals surface area (Å²) >= 11 is 0. The largest absolute Gasteiger partial charge is 0.379 e. The molecular weight excluding hydrogens is 254 g/mol. The minimum Gasteiger partial charge on any atom is -0.379 e. The molecule has 0 amide bonds. The standard InChI is InChI=1S/C11H21N3O3S/c1-12-6-10-8-14(9-11(10)7-12)18(15,16)13-2-4-17-5-3-13/h10-11H,2-9H2,1H3. The lowest BCUT2D eigenvalue weighted by molar-refractivity contribution is 0.0704. The van der Waals surface area contributed by atoms with Gasteiger partial charge in [-0.15, -0.1) is 0 Å². The number of likely N-dealkylation sites (tertiary alicyclic amines) is 1. The molecule has 3 fully saturated rings. The van der Waals surface area contributed by atoms with Gasteiger partial charge in [-0.1, -0.05) is 0 Å². The zero-order valence-electron chi connectivity index (χ0n) is 10.8. The van der Waals surface area contributed by atoms with E-state index in [1.54, 1.807) is 8.61 Å². The van der Waals surface area contributed by atoms with Crippen LogP contribution < -0.4 is 0 Å². The van der Waals surface area contributed by atoms with Crippen molar-refractivity contribution in [3.8, 4) is 0 Å². The molecule has 0 bridgehead atoms. The number of morpholine rings is 1. The highest BCUT2D eigenvalue weighted by atomic mass is 32.2. The van der Waals surface area contributed by atoms with E-state index in [4.69, 9.17) is 4.74 Å². The molecular formula is C11H21N3O3S. The van der Waals surface area contributed by atoms with Crippen molar-refractivity contribution >= 4 is 10.2 Å². The predicted octanol–water partition coefficient (Wildman–Crippen LogP) is -0.943. The van der Waals surface area contributed by atoms with E-state index in [-0.39, 0.29) is 0 Å². The van der Waals surface area contributed by atoms with Crippen LogP contribution in [0.1, 0.15) is 0 Å². The minimum atomic E-state index is -3.25. The smallest absolute Gasteiger partial charge is 0.282 e. The molecule has 0 aromatic heterocycles. The van der Waals surface area contributed by atoms with Gasteiger partial charge in [0.1, 0.15) is 0 Å². The third-order valence-corrected chi connectivity index (χ3v) is 6.23. The van der Waals surface area contributed by atoms with Gasteiger partial charge in [0.2, 0.25) is 0 Å². The number of ether oxygens (including phenoxy) is 1. The van der Waals surface area contributed by atoms with E-state index < -0.39 is 10.2 Å². The van der Waals surface area contributed by atoms with Crippen LogP contribution in [0.4, 0.5) is 0 Å². The molecule has 2 atom stereocenters. The van der Waals surface area contributed by atoms with E-state index in [0.29, 0.717) is 51.2 Å². The number of rotatable bonds is 2. The molecule has 3 aliphatic heterocycles. The van der Waals surface area contributed by atoms with Crippen LogP contribution in [0.2, 0.25) is 0 Å². The topological polar surface area (TPSA) is 53.1 Å². The number of hydrogen-bond acceptors (Lipinski definition) is 4. The Morgan fingerprint density at radius 3 is 2.06 bits per heavy atom. The maximum Gasteiger partial charge on any atom is 0.282 e. The molecule has 3 aliphatic rings. The summed E-state index contributed by atoms with van der Waals surface area (Å²) < 4.78 is 33.4. The van der Waals surface area contributed by atoms with Crippen molar-refractivity contribution in [1.82, 2.24) is 13.5 Å². The Morgan fingerprint density at radius 1 is 0.944 bits per heavy atom. The molecule has 104 valence electrons. The molecule has 2 unspecified atom stereocenters. The molecule has 0 spiro atoms. The molecule has 7 heteroatoms. The van der Waals surface area contributed by atoms with Crippen LogP contribution in [0.25, 0.3) is 0 Å². The highest BCUT2D eigenvalue weighted by Gasteiger charge is 2.44. The molecule has 0 radical (unpaired) electrons. The Hall–Kier alpha value is -0.210. The van der Waals surface area contributed by atoms with Crippen molar-refractivity contribution in [2.75, 3.05) is 59.5 Å². The van der Waals surface area contributed by atoms with E-state index in [2.05, 4.69) is 11.9 Å². The molecule has 0 saturated carbocycles. The van der Waals surface area contributed by atoms with E-state index in [1.807, 2.05) is 0 Å². The fourth-order valence-corrected chi connectivity index (χ4v) is 5.01. The summed E-state index contributed by atoms with van der Waals surface area (Å²) in [6, 6.07) is 0. The van der Waals surface area contributed by atoms with E-state index in [1.165, 1.54) is 0 Å². The van der Waals surface area contributed by atoms with Crippen LogP contribution >= 0.6 is 0 Å². The van der Waals surface area contributed by atoms with Gasteiger partial charge in [-0.3, -0.25) is 0 Å². The Kier molecular flexibility index (Phi) is 3.36. The number of hydrogen-bond donors (Lipinski definition) is 0. The zero-order valence-corrected chi connectivity index (χ0v) is 11.6. The third kappa shape index (κ3) is 2.18. The fraction of sp³-hybridized carbons (Fsp3) is 1.00. The normalized spacial score (nSPS) is 36.1. The van der Waals surface area contributed by atoms with Crippen LogP contribution in [-0.2, 0) is 14.9 Å². The Bertz CT molecular complexity index is 394. The van der Waals surface area contributed by atoms with Crippen LogP contribution in [0.15, 0.2) is 0 Å². The summed E-state index contributed by atoms with van der Waals surface area (Å²) in [6.45, 7) is 5.45. The highest BCUT2D eigenvalue weighted by Crippen LogP contribution is 2.32. The second-order valence-electron chi connectivity index (χ2n) is 5.58. The molecule has 0 N–H and O–H groups in total. The van der Waals surface area contributed by atoms with Crippen molar-refractivity contribution in [2.24, 2.45) is 11.8 Å². The molecule has 0 aliphatic carbocycles. The number of nitrogens with zero attached hydrogens (tertiary/aromatic N) is 3. The van der Waals surface area contributed by atoms with Gasteiger partial charge >= 0.3 is 0 Å². The summed E-state index contributed by atoms with van der Waals surface area (Å²) in [7, 11) is -1.14. The van der Waals surface area contributed by atoms with Crippen LogP contribution in [-0.4, -0.2) is 81.5 Å². The maximum atomic E-state index is 12.5. The lowest BCUT2D eigenvalue weighted by Gasteiger charge is -2.30. The maximum absolute atomic E-state index is 12.5. The van der Waals surface area contributed by atoms with E-state index >= 15 is 0 Å². The van der Waals surface area contributed by atoms with Crippen LogP contribution in [0.3, 0.4) is 0 Å². The van der Waals surface area contributed by atoms with Crippen molar-refractivity contribution in [1.29, 1.82) is 0 Å². The zero-order chi connectivity index (χ0) is 12.8. The molecule has 18 heavy (non-hydrogen) atoms. The van der Waals surface area contributed by atoms with Crippen molar-refractivity contribution in [3.63, 3.8) is 0 Å². The fourth-order valence-electron chi connectivity index (χ4n) is 3.31. The first kappa shape index (κ1) is 12.8. The van der Waals surface area contributed by atoms with E-state index in [9.17, 15) is 8.42 Å². The van der Waals surface area contributed by atoms with Gasteiger partial charge in [0, 0.05) is 39.3 Å². The van der Waals surface area contributed by atoms with Crippen molar-refractivity contribution < 1.29 is 13.2 Å². The van der Waals surface area contributed by atoms with Gasteiger partial charge in [0.25, 0.3) is 10.2 Å². The summed E-state index contributed by atoms with van der Waals surface area (Å²) in [5.41, 5.74) is 0. The monoisotopic (exact) mass is 275 g/mol. The Morgan fingerprint density at radius 2 is 1.50 bits per heavy atom. The second-order valence-corrected chi connectivity index (χ2v) is 7.51. The summed E-state index contributed by atoms with van der Waals surface area (Å²) in [5, 5.41) is 0. The van der Waals surface area contributed by atoms with E-state index in [0.717, 1.165) is 13.1 Å². The van der Waals surface area contributed by atoms with Gasteiger partial charge < -0.3 is 9.64 Å². The molecule has 3 saturated heterocycles. The lowest BCUT2D eigenvalue weighted by Crippen LogP contribution is -2.48. The average molecular weight is 275 g/mol. The highest BCUT2D eigenvalue weighted by molar-refractivity contribution is 7.86. The van der Waals surface area contributed by atoms with Crippen LogP contribution in [0, 0.1) is 11.8 Å². The van der Waals surface area contributed by atoms with Crippen molar-refractivity contribution in [2.45, 2.75) is 0 Å². The lowest BCUT2D eigenvalue weighted by atomic mass is 10.0. The minimum absolute atomic E-state index is 0.494. The quantitative estimate of drug-likeness (QED) is 0.652. The molecule has 0 aromatic carbocycles. The van der Waals surface area contributed by atoms with Gasteiger partial charge in [0.15, 0.2) is 0 Å². The first-order valence-electron chi connectivity index (χ1n) is 6.59. The average Bonchev–Trinajstić information content (AvgIpc) is 2.87. The SMILES string of the molecule is CN1CC2CN(S(=O)(=O)N3CCOCC3)CC2C1. The van der Waals surface area contributed by atoms with Crippen molar-refractivity contribution in [3.05, 3.63) is 0 Å². The second kappa shape index (κ2) is 4.72. The van der Waals surface area contributed by atoms with Gasteiger partial charge in [-0.2, -0.15) is 17.0 Å². The van der Waals surface area contributed by atoms with Gasteiger partial charge in [-0.05, 0) is 18.9 Å². The molecule has 6 nitrogen and oxygen atoms in total. The Balaban J connectivity index is 1.68. The first-order chi connectivity index (χ1) is 8.57. The molecule has 3 rings (SSSR count). The first-order valence-corrected chi connectivity index (χ1v) is 7.98. The van der Waals surface area contributed by atoms with Gasteiger partial charge in [-0.25, -0.2) is 0 Å². The molecule has 0 aromatic rings. The third-order valence-electron chi connectivity index (χ3n) is 4.26.